The predicted molar refractivity (Wildman–Crippen MR) is 64.7 cm³/mol. The van der Waals surface area contributed by atoms with Crippen molar-refractivity contribution in [2.24, 2.45) is 5.92 Å². The van der Waals surface area contributed by atoms with Crippen LogP contribution in [0.3, 0.4) is 0 Å². The Hall–Kier alpha value is -0.820. The number of carbonyl (C=O) groups excluding carboxylic acids is 1. The van der Waals surface area contributed by atoms with E-state index in [-0.39, 0.29) is 31.3 Å². The quantitative estimate of drug-likeness (QED) is 0.725. The van der Waals surface area contributed by atoms with Crippen molar-refractivity contribution in [1.82, 2.24) is 10.6 Å². The first-order valence-electron chi connectivity index (χ1n) is 6.49. The maximum atomic E-state index is 12.5. The molecule has 0 bridgehead atoms. The molecule has 1 rings (SSSR count). The topological polar surface area (TPSA) is 50.4 Å². The van der Waals surface area contributed by atoms with Crippen LogP contribution in [-0.2, 0) is 9.53 Å². The lowest BCUT2D eigenvalue weighted by Crippen LogP contribution is -2.43. The summed E-state index contributed by atoms with van der Waals surface area (Å²) in [6.07, 6.45) is -3.10. The third-order valence-electron chi connectivity index (χ3n) is 3.32. The van der Waals surface area contributed by atoms with E-state index < -0.39 is 12.1 Å². The number of carbonyl (C=O) groups is 1. The third-order valence-corrected chi connectivity index (χ3v) is 3.32. The zero-order chi connectivity index (χ0) is 14.3. The molecule has 0 radical (unpaired) electrons. The van der Waals surface area contributed by atoms with Gasteiger partial charge in [0.15, 0.2) is 0 Å². The van der Waals surface area contributed by atoms with Gasteiger partial charge in [0.2, 0.25) is 5.91 Å². The molecule has 1 amide bonds. The van der Waals surface area contributed by atoms with Gasteiger partial charge < -0.3 is 15.4 Å². The van der Waals surface area contributed by atoms with E-state index in [1.54, 1.807) is 7.11 Å². The van der Waals surface area contributed by atoms with E-state index in [4.69, 9.17) is 4.74 Å². The Morgan fingerprint density at radius 1 is 1.26 bits per heavy atom. The Morgan fingerprint density at radius 2 is 1.89 bits per heavy atom. The number of amides is 1. The molecule has 0 spiro atoms. The fourth-order valence-corrected chi connectivity index (χ4v) is 2.22. The maximum absolute atomic E-state index is 12.5. The second-order valence-corrected chi connectivity index (χ2v) is 4.83. The number of hydrogen-bond acceptors (Lipinski definition) is 3. The second kappa shape index (κ2) is 7.69. The molecule has 1 fully saturated rings. The summed E-state index contributed by atoms with van der Waals surface area (Å²) in [4.78, 5) is 11.5. The Balaban J connectivity index is 2.16. The van der Waals surface area contributed by atoms with Gasteiger partial charge in [0.05, 0.1) is 19.1 Å². The smallest absolute Gasteiger partial charge is 0.383 e. The highest BCUT2D eigenvalue weighted by Gasteiger charge is 2.41. The van der Waals surface area contributed by atoms with Crippen molar-refractivity contribution in [3.8, 4) is 0 Å². The Bertz CT molecular complexity index is 277. The molecule has 1 aliphatic carbocycles. The average Bonchev–Trinajstić information content (AvgIpc) is 2.34. The summed E-state index contributed by atoms with van der Waals surface area (Å²) >= 11 is 0. The summed E-state index contributed by atoms with van der Waals surface area (Å²) < 4.78 is 42.2. The van der Waals surface area contributed by atoms with E-state index in [1.807, 2.05) is 0 Å². The number of alkyl halides is 3. The van der Waals surface area contributed by atoms with Gasteiger partial charge in [0, 0.05) is 19.7 Å². The lowest BCUT2D eigenvalue weighted by Gasteiger charge is -2.30. The van der Waals surface area contributed by atoms with E-state index >= 15 is 0 Å². The molecule has 7 heteroatoms. The van der Waals surface area contributed by atoms with Crippen LogP contribution >= 0.6 is 0 Å². The molecule has 19 heavy (non-hydrogen) atoms. The lowest BCUT2D eigenvalue weighted by atomic mass is 9.85. The zero-order valence-electron chi connectivity index (χ0n) is 11.1. The number of nitrogens with one attached hydrogen (secondary N) is 2. The number of rotatable bonds is 6. The summed E-state index contributed by atoms with van der Waals surface area (Å²) in [6.45, 7) is 1.26. The van der Waals surface area contributed by atoms with E-state index in [1.165, 1.54) is 0 Å². The Kier molecular flexibility index (Phi) is 6.57. The molecule has 2 N–H and O–H groups in total. The first-order valence-corrected chi connectivity index (χ1v) is 6.49. The van der Waals surface area contributed by atoms with Gasteiger partial charge in [-0.1, -0.05) is 0 Å². The summed E-state index contributed by atoms with van der Waals surface area (Å²) in [5, 5.41) is 5.65. The maximum Gasteiger partial charge on any atom is 0.391 e. The van der Waals surface area contributed by atoms with Gasteiger partial charge in [0.25, 0.3) is 0 Å². The van der Waals surface area contributed by atoms with Crippen LogP contribution in [0.1, 0.15) is 25.7 Å². The molecule has 0 atom stereocenters. The molecule has 1 aliphatic rings. The van der Waals surface area contributed by atoms with Gasteiger partial charge in [-0.05, 0) is 25.7 Å². The molecule has 4 nitrogen and oxygen atoms in total. The number of hydrogen-bond donors (Lipinski definition) is 2. The highest BCUT2D eigenvalue weighted by Crippen LogP contribution is 2.37. The zero-order valence-corrected chi connectivity index (χ0v) is 11.1. The molecule has 0 aliphatic heterocycles. The van der Waals surface area contributed by atoms with Crippen LogP contribution in [0, 0.1) is 5.92 Å². The first kappa shape index (κ1) is 16.2. The van der Waals surface area contributed by atoms with E-state index in [9.17, 15) is 18.0 Å². The molecule has 112 valence electrons. The third kappa shape index (κ3) is 6.24. The lowest BCUT2D eigenvalue weighted by molar-refractivity contribution is -0.182. The van der Waals surface area contributed by atoms with Crippen LogP contribution in [0.2, 0.25) is 0 Å². The van der Waals surface area contributed by atoms with Gasteiger partial charge >= 0.3 is 6.18 Å². The minimum absolute atomic E-state index is 0.103. The fourth-order valence-electron chi connectivity index (χ4n) is 2.22. The van der Waals surface area contributed by atoms with Gasteiger partial charge in [-0.15, -0.1) is 0 Å². The number of halogens is 3. The van der Waals surface area contributed by atoms with Crippen molar-refractivity contribution in [3.05, 3.63) is 0 Å². The van der Waals surface area contributed by atoms with Gasteiger partial charge in [-0.2, -0.15) is 13.2 Å². The van der Waals surface area contributed by atoms with Gasteiger partial charge in [0.1, 0.15) is 0 Å². The van der Waals surface area contributed by atoms with Crippen LogP contribution in [-0.4, -0.2) is 44.9 Å². The van der Waals surface area contributed by atoms with Crippen LogP contribution in [0.25, 0.3) is 0 Å². The van der Waals surface area contributed by atoms with Crippen LogP contribution < -0.4 is 10.6 Å². The minimum atomic E-state index is -4.10. The van der Waals surface area contributed by atoms with Crippen LogP contribution in [0.15, 0.2) is 0 Å². The Labute approximate surface area is 111 Å². The highest BCUT2D eigenvalue weighted by molar-refractivity contribution is 5.78. The highest BCUT2D eigenvalue weighted by atomic mass is 19.4. The normalized spacial score (nSPS) is 24.2. The predicted octanol–water partition coefficient (Wildman–Crippen LogP) is 1.46. The SMILES string of the molecule is COCCNCC(=O)NC1CCC(C(F)(F)F)CC1. The number of ether oxygens (including phenoxy) is 1. The molecule has 0 saturated heterocycles. The van der Waals surface area contributed by atoms with E-state index in [2.05, 4.69) is 10.6 Å². The van der Waals surface area contributed by atoms with Crippen molar-refractivity contribution in [2.75, 3.05) is 26.8 Å². The molecular weight excluding hydrogens is 261 g/mol. The van der Waals surface area contributed by atoms with Crippen molar-refractivity contribution < 1.29 is 22.7 Å². The van der Waals surface area contributed by atoms with Crippen LogP contribution in [0.5, 0.6) is 0 Å². The average molecular weight is 282 g/mol. The van der Waals surface area contributed by atoms with E-state index in [0.29, 0.717) is 26.0 Å². The first-order chi connectivity index (χ1) is 8.93. The largest absolute Gasteiger partial charge is 0.391 e. The molecule has 1 saturated carbocycles. The fraction of sp³-hybridized carbons (Fsp3) is 0.917. The standard InChI is InChI=1S/C12H21F3N2O2/c1-19-7-6-16-8-11(18)17-10-4-2-9(3-5-10)12(13,14)15/h9-10,16H,2-8H2,1H3,(H,17,18). The monoisotopic (exact) mass is 282 g/mol. The molecule has 0 aromatic rings. The van der Waals surface area contributed by atoms with Crippen LogP contribution in [0.4, 0.5) is 13.2 Å². The minimum Gasteiger partial charge on any atom is -0.383 e. The summed E-state index contributed by atoms with van der Waals surface area (Å²) in [5.41, 5.74) is 0. The molecule has 0 aromatic heterocycles. The Morgan fingerprint density at radius 3 is 2.42 bits per heavy atom. The van der Waals surface area contributed by atoms with Crippen molar-refractivity contribution in [3.63, 3.8) is 0 Å². The molecule has 0 aromatic carbocycles. The van der Waals surface area contributed by atoms with E-state index in [0.717, 1.165) is 0 Å². The van der Waals surface area contributed by atoms with Gasteiger partial charge in [-0.25, -0.2) is 0 Å². The summed E-state index contributed by atoms with van der Waals surface area (Å²) in [6, 6.07) is -0.129. The van der Waals surface area contributed by atoms with Crippen molar-refractivity contribution >= 4 is 5.91 Å². The molecular formula is C12H21F3N2O2. The summed E-state index contributed by atoms with van der Waals surface area (Å²) in [5.74, 6) is -1.38. The van der Waals surface area contributed by atoms with Gasteiger partial charge in [-0.3, -0.25) is 4.79 Å². The van der Waals surface area contributed by atoms with Crippen molar-refractivity contribution in [2.45, 2.75) is 37.9 Å². The number of methoxy groups -OCH3 is 1. The second-order valence-electron chi connectivity index (χ2n) is 4.83. The van der Waals surface area contributed by atoms with Crippen molar-refractivity contribution in [1.29, 1.82) is 0 Å². The molecule has 0 unspecified atom stereocenters. The molecule has 0 heterocycles. The summed E-state index contributed by atoms with van der Waals surface area (Å²) in [7, 11) is 1.57.